The second-order valence-corrected chi connectivity index (χ2v) is 5.10. The molecule has 4 nitrogen and oxygen atoms in total. The Bertz CT molecular complexity index is 547. The highest BCUT2D eigenvalue weighted by Crippen LogP contribution is 2.38. The Morgan fingerprint density at radius 1 is 1.40 bits per heavy atom. The molecule has 0 aromatic heterocycles. The highest BCUT2D eigenvalue weighted by Gasteiger charge is 2.48. The minimum atomic E-state index is -0.970. The van der Waals surface area contributed by atoms with Crippen molar-refractivity contribution in [2.75, 3.05) is 6.54 Å². The van der Waals surface area contributed by atoms with Crippen LogP contribution in [0.3, 0.4) is 0 Å². The van der Waals surface area contributed by atoms with E-state index in [1.54, 1.807) is 6.92 Å². The maximum atomic E-state index is 13.5. The SMILES string of the molecule is CC(CNC(=O)C1CC1C(=O)O)c1ccc(F)cc1F. The highest BCUT2D eigenvalue weighted by molar-refractivity contribution is 5.89. The third-order valence-electron chi connectivity index (χ3n) is 3.52. The van der Waals surface area contributed by atoms with Crippen molar-refractivity contribution in [3.05, 3.63) is 35.4 Å². The quantitative estimate of drug-likeness (QED) is 0.867. The molecular weight excluding hydrogens is 268 g/mol. The Morgan fingerprint density at radius 2 is 2.10 bits per heavy atom. The predicted octanol–water partition coefficient (Wildman–Crippen LogP) is 1.91. The first-order valence-electron chi connectivity index (χ1n) is 6.35. The molecule has 1 aromatic rings. The number of carboxylic acid groups (broad SMARTS) is 1. The van der Waals surface area contributed by atoms with Crippen molar-refractivity contribution in [1.82, 2.24) is 5.32 Å². The number of hydrogen-bond donors (Lipinski definition) is 2. The predicted molar refractivity (Wildman–Crippen MR) is 67.0 cm³/mol. The van der Waals surface area contributed by atoms with Gasteiger partial charge in [-0.15, -0.1) is 0 Å². The largest absolute Gasteiger partial charge is 0.481 e. The Balaban J connectivity index is 1.88. The average Bonchev–Trinajstić information content (AvgIpc) is 3.15. The summed E-state index contributed by atoms with van der Waals surface area (Å²) in [6.07, 6.45) is 0.348. The van der Waals surface area contributed by atoms with Crippen LogP contribution in [0.5, 0.6) is 0 Å². The van der Waals surface area contributed by atoms with Crippen molar-refractivity contribution in [1.29, 1.82) is 0 Å². The molecule has 2 N–H and O–H groups in total. The third-order valence-corrected chi connectivity index (χ3v) is 3.52. The number of halogens is 2. The third kappa shape index (κ3) is 3.12. The van der Waals surface area contributed by atoms with Crippen molar-refractivity contribution in [2.24, 2.45) is 11.8 Å². The van der Waals surface area contributed by atoms with Gasteiger partial charge in [-0.2, -0.15) is 0 Å². The molecule has 1 amide bonds. The van der Waals surface area contributed by atoms with Gasteiger partial charge < -0.3 is 10.4 Å². The van der Waals surface area contributed by atoms with Gasteiger partial charge in [0.2, 0.25) is 5.91 Å². The maximum absolute atomic E-state index is 13.5. The number of amides is 1. The molecule has 0 saturated heterocycles. The fourth-order valence-electron chi connectivity index (χ4n) is 2.15. The first kappa shape index (κ1) is 14.4. The molecule has 3 atom stereocenters. The maximum Gasteiger partial charge on any atom is 0.307 e. The van der Waals surface area contributed by atoms with Crippen LogP contribution in [0.1, 0.15) is 24.8 Å². The van der Waals surface area contributed by atoms with E-state index < -0.39 is 29.4 Å². The Labute approximate surface area is 114 Å². The van der Waals surface area contributed by atoms with Gasteiger partial charge in [-0.3, -0.25) is 9.59 Å². The number of hydrogen-bond acceptors (Lipinski definition) is 2. The second-order valence-electron chi connectivity index (χ2n) is 5.10. The van der Waals surface area contributed by atoms with E-state index in [0.29, 0.717) is 12.0 Å². The van der Waals surface area contributed by atoms with Crippen LogP contribution in [0.25, 0.3) is 0 Å². The zero-order chi connectivity index (χ0) is 14.9. The van der Waals surface area contributed by atoms with Crippen LogP contribution >= 0.6 is 0 Å². The van der Waals surface area contributed by atoms with Crippen LogP contribution in [-0.4, -0.2) is 23.5 Å². The number of nitrogens with one attached hydrogen (secondary N) is 1. The molecule has 0 bridgehead atoms. The molecule has 1 fully saturated rings. The molecular formula is C14H15F2NO3. The van der Waals surface area contributed by atoms with Crippen molar-refractivity contribution < 1.29 is 23.5 Å². The van der Waals surface area contributed by atoms with Crippen molar-refractivity contribution >= 4 is 11.9 Å². The Hall–Kier alpha value is -1.98. The van der Waals surface area contributed by atoms with Gasteiger partial charge in [0.25, 0.3) is 0 Å². The van der Waals surface area contributed by atoms with Gasteiger partial charge in [0.15, 0.2) is 0 Å². The van der Waals surface area contributed by atoms with E-state index in [0.717, 1.165) is 12.1 Å². The lowest BCUT2D eigenvalue weighted by molar-refractivity contribution is -0.140. The van der Waals surface area contributed by atoms with Crippen LogP contribution in [0.15, 0.2) is 18.2 Å². The standard InChI is InChI=1S/C14H15F2NO3/c1-7(9-3-2-8(15)4-12(9)16)6-17-13(18)10-5-11(10)14(19)20/h2-4,7,10-11H,5-6H2,1H3,(H,17,18)(H,19,20). The molecule has 0 spiro atoms. The fraction of sp³-hybridized carbons (Fsp3) is 0.429. The number of carbonyl (C=O) groups is 2. The molecule has 1 saturated carbocycles. The van der Waals surface area contributed by atoms with Gasteiger partial charge in [-0.25, -0.2) is 8.78 Å². The molecule has 3 unspecified atom stereocenters. The minimum Gasteiger partial charge on any atom is -0.481 e. The van der Waals surface area contributed by atoms with Crippen molar-refractivity contribution in [3.63, 3.8) is 0 Å². The van der Waals surface area contributed by atoms with Gasteiger partial charge in [0.05, 0.1) is 11.8 Å². The first-order chi connectivity index (χ1) is 9.40. The summed E-state index contributed by atoms with van der Waals surface area (Å²) in [5.41, 5.74) is 0.317. The lowest BCUT2D eigenvalue weighted by Crippen LogP contribution is -2.30. The van der Waals surface area contributed by atoms with Gasteiger partial charge in [-0.05, 0) is 18.1 Å². The smallest absolute Gasteiger partial charge is 0.307 e. The van der Waals surface area contributed by atoms with Crippen LogP contribution in [0, 0.1) is 23.5 Å². The van der Waals surface area contributed by atoms with Crippen molar-refractivity contribution in [3.8, 4) is 0 Å². The Morgan fingerprint density at radius 3 is 2.65 bits per heavy atom. The van der Waals surface area contributed by atoms with E-state index >= 15 is 0 Å². The van der Waals surface area contributed by atoms with Gasteiger partial charge >= 0.3 is 5.97 Å². The summed E-state index contributed by atoms with van der Waals surface area (Å²) in [6, 6.07) is 3.31. The van der Waals surface area contributed by atoms with Crippen LogP contribution in [0.2, 0.25) is 0 Å². The summed E-state index contributed by atoms with van der Waals surface area (Å²) in [4.78, 5) is 22.3. The molecule has 6 heteroatoms. The van der Waals surface area contributed by atoms with E-state index in [2.05, 4.69) is 5.32 Å². The summed E-state index contributed by atoms with van der Waals surface area (Å²) in [5, 5.41) is 11.3. The zero-order valence-electron chi connectivity index (χ0n) is 10.9. The van der Waals surface area contributed by atoms with Gasteiger partial charge in [0, 0.05) is 18.5 Å². The van der Waals surface area contributed by atoms with E-state index in [9.17, 15) is 18.4 Å². The lowest BCUT2D eigenvalue weighted by Gasteiger charge is -2.14. The van der Waals surface area contributed by atoms with Gasteiger partial charge in [0.1, 0.15) is 11.6 Å². The minimum absolute atomic E-state index is 0.185. The monoisotopic (exact) mass is 283 g/mol. The molecule has 2 rings (SSSR count). The van der Waals surface area contributed by atoms with E-state index in [4.69, 9.17) is 5.11 Å². The molecule has 0 radical (unpaired) electrons. The molecule has 0 aliphatic heterocycles. The highest BCUT2D eigenvalue weighted by atomic mass is 19.1. The van der Waals surface area contributed by atoms with E-state index in [-0.39, 0.29) is 18.4 Å². The summed E-state index contributed by atoms with van der Waals surface area (Å²) in [5.74, 6) is -4.01. The Kier molecular flexibility index (Phi) is 4.01. The average molecular weight is 283 g/mol. The first-order valence-corrected chi connectivity index (χ1v) is 6.35. The summed E-state index contributed by atoms with van der Waals surface area (Å²) in [6.45, 7) is 1.89. The molecule has 0 heterocycles. The molecule has 20 heavy (non-hydrogen) atoms. The lowest BCUT2D eigenvalue weighted by atomic mass is 10.0. The van der Waals surface area contributed by atoms with Crippen LogP contribution in [0.4, 0.5) is 8.78 Å². The molecule has 1 aliphatic rings. The summed E-state index contributed by atoms with van der Waals surface area (Å²) < 4.78 is 26.3. The number of benzene rings is 1. The fourth-order valence-corrected chi connectivity index (χ4v) is 2.15. The van der Waals surface area contributed by atoms with Crippen LogP contribution < -0.4 is 5.32 Å². The number of aliphatic carboxylic acids is 1. The summed E-state index contributed by atoms with van der Waals surface area (Å²) in [7, 11) is 0. The molecule has 1 aromatic carbocycles. The second kappa shape index (κ2) is 5.56. The van der Waals surface area contributed by atoms with Crippen LogP contribution in [-0.2, 0) is 9.59 Å². The summed E-state index contributed by atoms with van der Waals surface area (Å²) >= 11 is 0. The van der Waals surface area contributed by atoms with Gasteiger partial charge in [-0.1, -0.05) is 13.0 Å². The number of carbonyl (C=O) groups excluding carboxylic acids is 1. The van der Waals surface area contributed by atoms with Crippen molar-refractivity contribution in [2.45, 2.75) is 19.3 Å². The topological polar surface area (TPSA) is 66.4 Å². The molecule has 108 valence electrons. The number of carboxylic acids is 1. The number of rotatable bonds is 5. The molecule has 1 aliphatic carbocycles. The van der Waals surface area contributed by atoms with E-state index in [1.807, 2.05) is 0 Å². The normalized spacial score (nSPS) is 22.1. The van der Waals surface area contributed by atoms with E-state index in [1.165, 1.54) is 6.07 Å². The zero-order valence-corrected chi connectivity index (χ0v) is 10.9.